The Morgan fingerprint density at radius 2 is 1.80 bits per heavy atom. The first kappa shape index (κ1) is 18.2. The van der Waals surface area contributed by atoms with Gasteiger partial charge in [-0.1, -0.05) is 18.2 Å². The van der Waals surface area contributed by atoms with Gasteiger partial charge in [0, 0.05) is 31.5 Å². The fourth-order valence-electron chi connectivity index (χ4n) is 2.88. The fourth-order valence-corrected chi connectivity index (χ4v) is 2.88. The third-order valence-electron chi connectivity index (χ3n) is 4.35. The van der Waals surface area contributed by atoms with E-state index in [4.69, 9.17) is 10.5 Å². The highest BCUT2D eigenvalue weighted by Crippen LogP contribution is 2.35. The van der Waals surface area contributed by atoms with Gasteiger partial charge in [-0.15, -0.1) is 0 Å². The van der Waals surface area contributed by atoms with Gasteiger partial charge in [0.25, 0.3) is 5.56 Å². The molecule has 0 spiro atoms. The van der Waals surface area contributed by atoms with Crippen molar-refractivity contribution in [2.24, 2.45) is 14.1 Å². The van der Waals surface area contributed by atoms with E-state index in [9.17, 15) is 19.7 Å². The first-order valence-corrected chi connectivity index (χ1v) is 7.54. The van der Waals surface area contributed by atoms with Crippen LogP contribution in [0.4, 0.5) is 5.82 Å². The summed E-state index contributed by atoms with van der Waals surface area (Å²) >= 11 is 0. The van der Waals surface area contributed by atoms with E-state index in [1.165, 1.54) is 28.1 Å². The van der Waals surface area contributed by atoms with E-state index < -0.39 is 28.1 Å². The zero-order valence-corrected chi connectivity index (χ0v) is 14.4. The van der Waals surface area contributed by atoms with Crippen molar-refractivity contribution in [1.29, 1.82) is 0 Å². The van der Waals surface area contributed by atoms with Crippen LogP contribution in [0.5, 0.6) is 5.75 Å². The van der Waals surface area contributed by atoms with Crippen LogP contribution in [-0.4, -0.2) is 27.2 Å². The molecule has 2 atom stereocenters. The number of nitrogens with zero attached hydrogens (tertiary/aromatic N) is 3. The van der Waals surface area contributed by atoms with Crippen molar-refractivity contribution in [3.63, 3.8) is 0 Å². The number of aromatic nitrogens is 2. The summed E-state index contributed by atoms with van der Waals surface area (Å²) < 4.78 is 7.29. The van der Waals surface area contributed by atoms with Crippen LogP contribution in [0.15, 0.2) is 33.9 Å². The Hall–Kier alpha value is -3.10. The SMILES string of the molecule is COc1ccccc1[C@@H](c1c(N)n(C)c(=O)n(C)c1=O)[C@H](C)[N+](=O)[O-]. The Balaban J connectivity index is 2.91. The van der Waals surface area contributed by atoms with Crippen LogP contribution in [-0.2, 0) is 14.1 Å². The predicted octanol–water partition coefficient (Wildman–Crippen LogP) is 0.472. The molecule has 0 saturated heterocycles. The molecule has 0 radical (unpaired) electrons. The Bertz CT molecular complexity index is 931. The molecule has 2 N–H and O–H groups in total. The van der Waals surface area contributed by atoms with E-state index in [0.29, 0.717) is 11.3 Å². The minimum Gasteiger partial charge on any atom is -0.496 e. The first-order chi connectivity index (χ1) is 11.7. The van der Waals surface area contributed by atoms with Crippen molar-refractivity contribution < 1.29 is 9.66 Å². The Morgan fingerprint density at radius 3 is 2.36 bits per heavy atom. The summed E-state index contributed by atoms with van der Waals surface area (Å²) in [6.07, 6.45) is 0. The molecule has 9 heteroatoms. The summed E-state index contributed by atoms with van der Waals surface area (Å²) in [5.74, 6) is -0.675. The molecule has 0 amide bonds. The Morgan fingerprint density at radius 1 is 1.20 bits per heavy atom. The molecule has 0 aliphatic heterocycles. The van der Waals surface area contributed by atoms with E-state index in [0.717, 1.165) is 9.13 Å². The van der Waals surface area contributed by atoms with E-state index in [1.807, 2.05) is 0 Å². The van der Waals surface area contributed by atoms with Crippen molar-refractivity contribution in [3.05, 3.63) is 66.3 Å². The number of rotatable bonds is 5. The van der Waals surface area contributed by atoms with Crippen LogP contribution >= 0.6 is 0 Å². The molecule has 0 aliphatic rings. The maximum absolute atomic E-state index is 12.7. The van der Waals surface area contributed by atoms with Crippen molar-refractivity contribution in [2.45, 2.75) is 18.9 Å². The number of nitrogens with two attached hydrogens (primary N) is 1. The van der Waals surface area contributed by atoms with Gasteiger partial charge < -0.3 is 10.5 Å². The van der Waals surface area contributed by atoms with E-state index in [-0.39, 0.29) is 11.4 Å². The Kier molecular flexibility index (Phi) is 4.96. The van der Waals surface area contributed by atoms with Gasteiger partial charge in [-0.3, -0.25) is 24.0 Å². The number of anilines is 1. The molecule has 134 valence electrons. The third-order valence-corrected chi connectivity index (χ3v) is 4.35. The van der Waals surface area contributed by atoms with E-state index in [2.05, 4.69) is 0 Å². The first-order valence-electron chi connectivity index (χ1n) is 7.54. The van der Waals surface area contributed by atoms with Gasteiger partial charge in [-0.2, -0.15) is 0 Å². The maximum atomic E-state index is 12.7. The summed E-state index contributed by atoms with van der Waals surface area (Å²) in [4.78, 5) is 35.8. The lowest BCUT2D eigenvalue weighted by Gasteiger charge is -2.23. The minimum absolute atomic E-state index is 0.00157. The highest BCUT2D eigenvalue weighted by Gasteiger charge is 2.36. The molecule has 0 saturated carbocycles. The molecule has 2 aromatic rings. The van der Waals surface area contributed by atoms with Gasteiger partial charge >= 0.3 is 5.69 Å². The number of ether oxygens (including phenoxy) is 1. The quantitative estimate of drug-likeness (QED) is 0.619. The summed E-state index contributed by atoms with van der Waals surface area (Å²) in [5, 5.41) is 11.5. The molecule has 0 fully saturated rings. The molecule has 2 rings (SSSR count). The van der Waals surface area contributed by atoms with Crippen LogP contribution in [0.2, 0.25) is 0 Å². The number of methoxy groups -OCH3 is 1. The molecule has 1 aromatic heterocycles. The second-order valence-corrected chi connectivity index (χ2v) is 5.75. The van der Waals surface area contributed by atoms with Gasteiger partial charge in [0.2, 0.25) is 6.04 Å². The predicted molar refractivity (Wildman–Crippen MR) is 92.6 cm³/mol. The van der Waals surface area contributed by atoms with Crippen LogP contribution < -0.4 is 21.7 Å². The zero-order valence-electron chi connectivity index (χ0n) is 14.4. The number of hydrogen-bond donors (Lipinski definition) is 1. The zero-order chi connectivity index (χ0) is 18.9. The third kappa shape index (κ3) is 3.00. The molecule has 0 bridgehead atoms. The van der Waals surface area contributed by atoms with Crippen LogP contribution in [0.25, 0.3) is 0 Å². The second kappa shape index (κ2) is 6.80. The van der Waals surface area contributed by atoms with Crippen LogP contribution in [0.1, 0.15) is 24.0 Å². The largest absolute Gasteiger partial charge is 0.496 e. The van der Waals surface area contributed by atoms with Crippen molar-refractivity contribution in [1.82, 2.24) is 9.13 Å². The van der Waals surface area contributed by atoms with Gasteiger partial charge in [0.05, 0.1) is 18.6 Å². The van der Waals surface area contributed by atoms with Crippen LogP contribution in [0.3, 0.4) is 0 Å². The number of nitro groups is 1. The lowest BCUT2D eigenvalue weighted by Crippen LogP contribution is -2.43. The average molecular weight is 348 g/mol. The van der Waals surface area contributed by atoms with Gasteiger partial charge in [0.1, 0.15) is 11.6 Å². The topological polar surface area (TPSA) is 122 Å². The molecule has 9 nitrogen and oxygen atoms in total. The molecule has 0 aliphatic carbocycles. The molecule has 1 aromatic carbocycles. The Labute approximate surface area is 143 Å². The van der Waals surface area contributed by atoms with E-state index in [1.54, 1.807) is 24.3 Å². The number of benzene rings is 1. The number of para-hydroxylation sites is 1. The van der Waals surface area contributed by atoms with Gasteiger partial charge in [-0.25, -0.2) is 4.79 Å². The second-order valence-electron chi connectivity index (χ2n) is 5.75. The molecule has 1 heterocycles. The standard InChI is InChI=1S/C16H20N4O5/c1-9(20(23)24)12(10-7-5-6-8-11(10)25-4)13-14(17)18(2)16(22)19(3)15(13)21/h5-9,12H,17H2,1-4H3/t9-,12-/m0/s1. The van der Waals surface area contributed by atoms with Crippen LogP contribution in [0, 0.1) is 10.1 Å². The summed E-state index contributed by atoms with van der Waals surface area (Å²) in [7, 11) is 4.16. The molecule has 25 heavy (non-hydrogen) atoms. The number of nitrogen functional groups attached to an aromatic ring is 1. The average Bonchev–Trinajstić information content (AvgIpc) is 2.61. The normalized spacial score (nSPS) is 13.3. The molecular formula is C16H20N4O5. The number of hydrogen-bond acceptors (Lipinski definition) is 6. The highest BCUT2D eigenvalue weighted by atomic mass is 16.6. The molecular weight excluding hydrogens is 328 g/mol. The summed E-state index contributed by atoms with van der Waals surface area (Å²) in [6, 6.07) is 5.55. The highest BCUT2D eigenvalue weighted by molar-refractivity contribution is 5.50. The lowest BCUT2D eigenvalue weighted by molar-refractivity contribution is -0.520. The maximum Gasteiger partial charge on any atom is 0.332 e. The molecule has 0 unspecified atom stereocenters. The lowest BCUT2D eigenvalue weighted by atomic mass is 9.86. The fraction of sp³-hybridized carbons (Fsp3) is 0.375. The van der Waals surface area contributed by atoms with Crippen molar-refractivity contribution >= 4 is 5.82 Å². The van der Waals surface area contributed by atoms with Crippen molar-refractivity contribution in [2.75, 3.05) is 12.8 Å². The van der Waals surface area contributed by atoms with E-state index >= 15 is 0 Å². The summed E-state index contributed by atoms with van der Waals surface area (Å²) in [6.45, 7) is 1.39. The van der Waals surface area contributed by atoms with Crippen molar-refractivity contribution in [3.8, 4) is 5.75 Å². The summed E-state index contributed by atoms with van der Waals surface area (Å²) in [5.41, 5.74) is 5.20. The van der Waals surface area contributed by atoms with Gasteiger partial charge in [-0.05, 0) is 6.07 Å². The van der Waals surface area contributed by atoms with Gasteiger partial charge in [0.15, 0.2) is 0 Å². The minimum atomic E-state index is -1.16. The smallest absolute Gasteiger partial charge is 0.332 e. The monoisotopic (exact) mass is 348 g/mol.